The molecule has 0 saturated heterocycles. The van der Waals surface area contributed by atoms with Crippen molar-refractivity contribution in [1.82, 2.24) is 0 Å². The number of rotatable bonds is 0. The van der Waals surface area contributed by atoms with E-state index in [1.807, 2.05) is 0 Å². The van der Waals surface area contributed by atoms with Gasteiger partial charge < -0.3 is 0 Å². The summed E-state index contributed by atoms with van der Waals surface area (Å²) >= 11 is 0. The molecular formula is AlCuGaSn. The van der Waals surface area contributed by atoms with E-state index in [0.717, 1.165) is 0 Å². The summed E-state index contributed by atoms with van der Waals surface area (Å²) in [5, 5.41) is 0. The van der Waals surface area contributed by atoms with Gasteiger partial charge in [0.15, 0.2) is 0 Å². The van der Waals surface area contributed by atoms with Crippen LogP contribution in [0.1, 0.15) is 0 Å². The average Bonchev–Trinajstić information content (AvgIpc) is 0. The zero-order valence-electron chi connectivity index (χ0n) is 1.96. The summed E-state index contributed by atoms with van der Waals surface area (Å²) < 4.78 is 0. The maximum atomic E-state index is 0. The molecule has 0 aliphatic carbocycles. The second-order valence-corrected chi connectivity index (χ2v) is 0. The van der Waals surface area contributed by atoms with Gasteiger partial charge in [0.05, 0.1) is 0 Å². The Morgan fingerprint density at radius 3 is 1.00 bits per heavy atom. The van der Waals surface area contributed by atoms with Crippen LogP contribution < -0.4 is 0 Å². The molecule has 0 nitrogen and oxygen atoms in total. The van der Waals surface area contributed by atoms with Crippen LogP contribution in [0.15, 0.2) is 0 Å². The summed E-state index contributed by atoms with van der Waals surface area (Å²) in [6.45, 7) is 0. The third-order valence-corrected chi connectivity index (χ3v) is 0. The minimum atomic E-state index is 0. The fourth-order valence-corrected chi connectivity index (χ4v) is 0. The molecule has 0 spiro atoms. The second kappa shape index (κ2) is 17.9. The van der Waals surface area contributed by atoms with Gasteiger partial charge in [-0.25, -0.2) is 0 Å². The van der Waals surface area contributed by atoms with Gasteiger partial charge >= 0.3 is 0 Å². The van der Waals surface area contributed by atoms with Crippen molar-refractivity contribution in [3.8, 4) is 0 Å². The summed E-state index contributed by atoms with van der Waals surface area (Å²) in [7, 11) is 0. The molecular weight excluding hydrogens is 279 g/mol. The molecule has 0 amide bonds. The van der Waals surface area contributed by atoms with E-state index in [2.05, 4.69) is 0 Å². The van der Waals surface area contributed by atoms with E-state index in [1.54, 1.807) is 0 Å². The predicted octanol–water partition coefficient (Wildman–Crippen LogP) is -1.14. The molecule has 0 fully saturated rings. The van der Waals surface area contributed by atoms with Gasteiger partial charge in [0.25, 0.3) is 0 Å². The topological polar surface area (TPSA) is 0 Å². The summed E-state index contributed by atoms with van der Waals surface area (Å²) in [6.07, 6.45) is 0. The Morgan fingerprint density at radius 1 is 1.00 bits per heavy atom. The maximum Gasteiger partial charge on any atom is 0 e. The molecule has 0 aliphatic heterocycles. The third-order valence-electron chi connectivity index (χ3n) is 0. The van der Waals surface area contributed by atoms with Crippen molar-refractivity contribution in [2.24, 2.45) is 0 Å². The Bertz CT molecular complexity index is 8.00. The predicted molar refractivity (Wildman–Crippen MR) is 17.3 cm³/mol. The van der Waals surface area contributed by atoms with Gasteiger partial charge in [0.1, 0.15) is 0 Å². The number of hydrogen-bond donors (Lipinski definition) is 0. The molecule has 0 aliphatic rings. The van der Waals surface area contributed by atoms with Crippen molar-refractivity contribution >= 4 is 61.1 Å². The van der Waals surface area contributed by atoms with Crippen LogP contribution in [0.2, 0.25) is 0 Å². The third kappa shape index (κ3) is 8.82. The van der Waals surface area contributed by atoms with Gasteiger partial charge in [-0.15, -0.1) is 0 Å². The molecule has 0 atom stereocenters. The maximum absolute atomic E-state index is 0. The molecule has 4 heavy (non-hydrogen) atoms. The first kappa shape index (κ1) is 31.6. The van der Waals surface area contributed by atoms with Crippen molar-refractivity contribution in [1.29, 1.82) is 0 Å². The Labute approximate surface area is 77.1 Å². The largest absolute Gasteiger partial charge is 0 e. The van der Waals surface area contributed by atoms with Crippen molar-refractivity contribution in [3.05, 3.63) is 0 Å². The summed E-state index contributed by atoms with van der Waals surface area (Å²) in [6, 6.07) is 0. The van der Waals surface area contributed by atoms with Crippen LogP contribution in [0.5, 0.6) is 0 Å². The molecule has 0 unspecified atom stereocenters. The zero-order chi connectivity index (χ0) is 0. The minimum absolute atomic E-state index is 0. The Hall–Kier alpha value is 2.49. The first-order chi connectivity index (χ1) is 0. The second-order valence-electron chi connectivity index (χ2n) is 0. The van der Waals surface area contributed by atoms with Gasteiger partial charge in [-0.3, -0.25) is 0 Å². The van der Waals surface area contributed by atoms with Crippen LogP contribution in [-0.4, -0.2) is 61.1 Å². The van der Waals surface area contributed by atoms with Crippen LogP contribution in [0.25, 0.3) is 0 Å². The van der Waals surface area contributed by atoms with Crippen molar-refractivity contribution < 1.29 is 17.1 Å². The average molecular weight is 279 g/mol. The summed E-state index contributed by atoms with van der Waals surface area (Å²) in [5.74, 6) is 0. The first-order valence-electron chi connectivity index (χ1n) is 0. The molecule has 21 valence electrons. The molecule has 4 heteroatoms. The van der Waals surface area contributed by atoms with E-state index in [1.165, 1.54) is 0 Å². The fourth-order valence-electron chi connectivity index (χ4n) is 0. The van der Waals surface area contributed by atoms with Gasteiger partial charge in [-0.1, -0.05) is 0 Å². The van der Waals surface area contributed by atoms with Crippen LogP contribution >= 0.6 is 0 Å². The molecule has 0 aromatic rings. The van der Waals surface area contributed by atoms with Gasteiger partial charge in [0.2, 0.25) is 0 Å². The smallest absolute Gasteiger partial charge is 0 e. The monoisotopic (exact) mass is 279 g/mol. The van der Waals surface area contributed by atoms with E-state index in [4.69, 9.17) is 0 Å². The van der Waals surface area contributed by atoms with E-state index in [0.29, 0.717) is 0 Å². The Kier molecular flexibility index (Phi) is 141. The fraction of sp³-hybridized carbons (Fsp3) is 0. The van der Waals surface area contributed by atoms with Crippen LogP contribution in [0.4, 0.5) is 0 Å². The van der Waals surface area contributed by atoms with Crippen molar-refractivity contribution in [2.45, 2.75) is 0 Å². The van der Waals surface area contributed by atoms with Crippen LogP contribution in [0.3, 0.4) is 0 Å². The van der Waals surface area contributed by atoms with E-state index in [9.17, 15) is 0 Å². The summed E-state index contributed by atoms with van der Waals surface area (Å²) in [5.41, 5.74) is 0. The van der Waals surface area contributed by atoms with Crippen molar-refractivity contribution in [2.75, 3.05) is 0 Å². The summed E-state index contributed by atoms with van der Waals surface area (Å²) in [4.78, 5) is 0. The van der Waals surface area contributed by atoms with Gasteiger partial charge in [-0.2, -0.15) is 0 Å². The first-order valence-corrected chi connectivity index (χ1v) is 0. The van der Waals surface area contributed by atoms with E-state index >= 15 is 0 Å². The molecule has 0 heterocycles. The van der Waals surface area contributed by atoms with Gasteiger partial charge in [-0.05, 0) is 0 Å². The quantitative estimate of drug-likeness (QED) is 0.492. The normalized spacial score (nSPS) is 0. The molecule has 0 aromatic carbocycles. The Balaban J connectivity index is 0. The molecule has 0 aromatic heterocycles. The van der Waals surface area contributed by atoms with E-state index < -0.39 is 0 Å². The molecule has 0 N–H and O–H groups in total. The molecule has 0 saturated carbocycles. The minimum Gasteiger partial charge on any atom is 0 e. The molecule has 11 radical (unpaired) electrons. The standard InChI is InChI=1S/Al.Cu.Ga.Sn. The van der Waals surface area contributed by atoms with Crippen molar-refractivity contribution in [3.63, 3.8) is 0 Å². The molecule has 0 bridgehead atoms. The Morgan fingerprint density at radius 2 is 1.00 bits per heavy atom. The number of hydrogen-bond acceptors (Lipinski definition) is 0. The SMILES string of the molecule is [Al].[Cu].[Ga].[Sn]. The molecule has 0 rings (SSSR count). The van der Waals surface area contributed by atoms with Crippen LogP contribution in [-0.2, 0) is 17.1 Å². The van der Waals surface area contributed by atoms with Crippen LogP contribution in [0, 0.1) is 0 Å². The van der Waals surface area contributed by atoms with Gasteiger partial charge in [0, 0.05) is 78.1 Å². The zero-order valence-corrected chi connectivity index (χ0v) is 9.33. The van der Waals surface area contributed by atoms with E-state index in [-0.39, 0.29) is 78.1 Å².